The lowest BCUT2D eigenvalue weighted by atomic mass is 10.2. The van der Waals surface area contributed by atoms with Crippen LogP contribution in [0.25, 0.3) is 11.5 Å². The number of hydrogen-bond donors (Lipinski definition) is 0. The molecule has 0 aliphatic carbocycles. The predicted octanol–water partition coefficient (Wildman–Crippen LogP) is 3.61. The maximum atomic E-state index is 12.7. The van der Waals surface area contributed by atoms with Gasteiger partial charge < -0.3 is 4.42 Å². The Labute approximate surface area is 176 Å². The average molecular weight is 459 g/mol. The molecule has 0 amide bonds. The number of thiophene rings is 1. The van der Waals surface area contributed by atoms with Gasteiger partial charge in [0, 0.05) is 36.8 Å². The van der Waals surface area contributed by atoms with Crippen LogP contribution < -0.4 is 0 Å². The zero-order valence-electron chi connectivity index (χ0n) is 14.6. The van der Waals surface area contributed by atoms with E-state index in [1.807, 2.05) is 12.1 Å². The smallest absolute Gasteiger partial charge is 0.252 e. The van der Waals surface area contributed by atoms with Crippen LogP contribution in [-0.4, -0.2) is 54.0 Å². The van der Waals surface area contributed by atoms with E-state index >= 15 is 0 Å². The number of sulfonamides is 1. The van der Waals surface area contributed by atoms with Gasteiger partial charge in [0.1, 0.15) is 4.21 Å². The van der Waals surface area contributed by atoms with Gasteiger partial charge in [0.25, 0.3) is 10.0 Å². The summed E-state index contributed by atoms with van der Waals surface area (Å²) in [4.78, 5) is 2.09. The third-order valence-corrected chi connectivity index (χ3v) is 8.24. The monoisotopic (exact) mass is 458 g/mol. The molecule has 1 aliphatic heterocycles. The van der Waals surface area contributed by atoms with Crippen molar-refractivity contribution in [1.82, 2.24) is 19.4 Å². The maximum Gasteiger partial charge on any atom is 0.252 e. The molecule has 3 heterocycles. The van der Waals surface area contributed by atoms with Crippen molar-refractivity contribution in [1.29, 1.82) is 0 Å². The third kappa shape index (κ3) is 4.24. The molecule has 0 spiro atoms. The van der Waals surface area contributed by atoms with Crippen molar-refractivity contribution in [3.63, 3.8) is 0 Å². The van der Waals surface area contributed by atoms with E-state index in [4.69, 9.17) is 27.6 Å². The summed E-state index contributed by atoms with van der Waals surface area (Å²) >= 11 is 12.8. The number of rotatable bonds is 5. The fourth-order valence-corrected chi connectivity index (χ4v) is 6.09. The number of hydrogen-bond acceptors (Lipinski definition) is 7. The topological polar surface area (TPSA) is 79.5 Å². The van der Waals surface area contributed by atoms with Gasteiger partial charge in [0.2, 0.25) is 11.8 Å². The van der Waals surface area contributed by atoms with E-state index in [0.717, 1.165) is 16.9 Å². The first kappa shape index (κ1) is 19.8. The molecule has 0 radical (unpaired) electrons. The first-order valence-corrected chi connectivity index (χ1v) is 11.5. The number of aromatic nitrogens is 2. The first-order chi connectivity index (χ1) is 13.4. The lowest BCUT2D eigenvalue weighted by Gasteiger charge is -2.32. The van der Waals surface area contributed by atoms with Crippen molar-refractivity contribution in [3.05, 3.63) is 51.6 Å². The van der Waals surface area contributed by atoms with Gasteiger partial charge in [-0.2, -0.15) is 4.31 Å². The van der Waals surface area contributed by atoms with Gasteiger partial charge in [0.05, 0.1) is 10.9 Å². The molecule has 148 valence electrons. The number of piperazine rings is 1. The van der Waals surface area contributed by atoms with Gasteiger partial charge in [-0.3, -0.25) is 4.90 Å². The molecule has 7 nitrogen and oxygen atoms in total. The standard InChI is InChI=1S/C17H16Cl2N4O3S2/c18-13-3-1-12(2-4-13)17-21-20-15(26-17)11-22-7-9-23(10-8-22)28(24,25)16-6-5-14(19)27-16/h1-6H,7-11H2. The zero-order valence-corrected chi connectivity index (χ0v) is 17.7. The number of benzene rings is 1. The highest BCUT2D eigenvalue weighted by atomic mass is 35.5. The van der Waals surface area contributed by atoms with Crippen LogP contribution >= 0.6 is 34.5 Å². The van der Waals surface area contributed by atoms with Crippen LogP contribution in [0.2, 0.25) is 9.36 Å². The lowest BCUT2D eigenvalue weighted by Crippen LogP contribution is -2.48. The van der Waals surface area contributed by atoms with Gasteiger partial charge >= 0.3 is 0 Å². The summed E-state index contributed by atoms with van der Waals surface area (Å²) < 4.78 is 33.3. The SMILES string of the molecule is O=S(=O)(c1ccc(Cl)s1)N1CCN(Cc2nnc(-c3ccc(Cl)cc3)o2)CC1. The van der Waals surface area contributed by atoms with Crippen molar-refractivity contribution in [2.75, 3.05) is 26.2 Å². The minimum absolute atomic E-state index is 0.274. The molecular formula is C17H16Cl2N4O3S2. The Morgan fingerprint density at radius 1 is 1.00 bits per heavy atom. The van der Waals surface area contributed by atoms with Crippen LogP contribution in [0.1, 0.15) is 5.89 Å². The van der Waals surface area contributed by atoms with Gasteiger partial charge in [0.15, 0.2) is 0 Å². The number of halogens is 2. The molecule has 4 rings (SSSR count). The molecule has 0 unspecified atom stereocenters. The molecule has 1 fully saturated rings. The molecule has 1 aliphatic rings. The lowest BCUT2D eigenvalue weighted by molar-refractivity contribution is 0.169. The van der Waals surface area contributed by atoms with E-state index in [2.05, 4.69) is 15.1 Å². The Hall–Kier alpha value is -1.49. The maximum absolute atomic E-state index is 12.7. The van der Waals surface area contributed by atoms with Gasteiger partial charge in [-0.15, -0.1) is 21.5 Å². The molecule has 1 saturated heterocycles. The highest BCUT2D eigenvalue weighted by Crippen LogP contribution is 2.29. The van der Waals surface area contributed by atoms with Crippen LogP contribution in [0.15, 0.2) is 45.0 Å². The fourth-order valence-electron chi connectivity index (χ4n) is 2.91. The van der Waals surface area contributed by atoms with Crippen LogP contribution in [0.5, 0.6) is 0 Å². The highest BCUT2D eigenvalue weighted by molar-refractivity contribution is 7.91. The summed E-state index contributed by atoms with van der Waals surface area (Å²) in [6.45, 7) is 2.43. The second kappa shape index (κ2) is 8.10. The molecule has 0 saturated carbocycles. The van der Waals surface area contributed by atoms with Crippen molar-refractivity contribution in [3.8, 4) is 11.5 Å². The molecule has 0 atom stereocenters. The second-order valence-electron chi connectivity index (χ2n) is 6.25. The quantitative estimate of drug-likeness (QED) is 0.580. The summed E-state index contributed by atoms with van der Waals surface area (Å²) in [6.07, 6.45) is 0. The van der Waals surface area contributed by atoms with E-state index < -0.39 is 10.0 Å². The third-order valence-electron chi connectivity index (χ3n) is 4.39. The molecule has 3 aromatic rings. The number of nitrogens with zero attached hydrogens (tertiary/aromatic N) is 4. The minimum Gasteiger partial charge on any atom is -0.419 e. The summed E-state index contributed by atoms with van der Waals surface area (Å²) in [5.41, 5.74) is 0.800. The largest absolute Gasteiger partial charge is 0.419 e. The van der Waals surface area contributed by atoms with E-state index in [1.165, 1.54) is 4.31 Å². The molecule has 1 aromatic carbocycles. The summed E-state index contributed by atoms with van der Waals surface area (Å²) in [6, 6.07) is 10.3. The van der Waals surface area contributed by atoms with Crippen molar-refractivity contribution in [2.24, 2.45) is 0 Å². The van der Waals surface area contributed by atoms with Crippen LogP contribution in [0, 0.1) is 0 Å². The minimum atomic E-state index is -3.49. The molecule has 0 bridgehead atoms. The zero-order chi connectivity index (χ0) is 19.7. The Morgan fingerprint density at radius 3 is 2.36 bits per heavy atom. The van der Waals surface area contributed by atoms with Gasteiger partial charge in [-0.1, -0.05) is 23.2 Å². The molecule has 11 heteroatoms. The van der Waals surface area contributed by atoms with Crippen molar-refractivity contribution < 1.29 is 12.8 Å². The summed E-state index contributed by atoms with van der Waals surface area (Å²) in [5, 5.41) is 8.80. The normalized spacial score (nSPS) is 16.5. The average Bonchev–Trinajstić information content (AvgIpc) is 3.32. The van der Waals surface area contributed by atoms with Crippen LogP contribution in [-0.2, 0) is 16.6 Å². The molecule has 0 N–H and O–H groups in total. The van der Waals surface area contributed by atoms with E-state index in [1.54, 1.807) is 24.3 Å². The summed E-state index contributed by atoms with van der Waals surface area (Å²) in [7, 11) is -3.49. The predicted molar refractivity (Wildman–Crippen MR) is 108 cm³/mol. The van der Waals surface area contributed by atoms with E-state index in [-0.39, 0.29) is 4.21 Å². The Balaban J connectivity index is 1.37. The highest BCUT2D eigenvalue weighted by Gasteiger charge is 2.30. The molecular weight excluding hydrogens is 443 g/mol. The molecule has 28 heavy (non-hydrogen) atoms. The first-order valence-electron chi connectivity index (χ1n) is 8.48. The second-order valence-corrected chi connectivity index (χ2v) is 10.6. The Kier molecular flexibility index (Phi) is 5.73. The van der Waals surface area contributed by atoms with E-state index in [0.29, 0.717) is 53.9 Å². The van der Waals surface area contributed by atoms with Crippen LogP contribution in [0.3, 0.4) is 0 Å². The summed E-state index contributed by atoms with van der Waals surface area (Å²) in [5.74, 6) is 0.925. The van der Waals surface area contributed by atoms with Crippen molar-refractivity contribution in [2.45, 2.75) is 10.8 Å². The molecule has 2 aromatic heterocycles. The van der Waals surface area contributed by atoms with Crippen LogP contribution in [0.4, 0.5) is 0 Å². The Bertz CT molecular complexity index is 1060. The van der Waals surface area contributed by atoms with Gasteiger partial charge in [-0.05, 0) is 36.4 Å². The Morgan fingerprint density at radius 2 is 1.71 bits per heavy atom. The van der Waals surface area contributed by atoms with Gasteiger partial charge in [-0.25, -0.2) is 8.42 Å². The van der Waals surface area contributed by atoms with Crippen molar-refractivity contribution >= 4 is 44.6 Å². The fraction of sp³-hybridized carbons (Fsp3) is 0.294. The van der Waals surface area contributed by atoms with E-state index in [9.17, 15) is 8.42 Å².